The molecule has 0 saturated carbocycles. The molecule has 0 heterocycles. The topological polar surface area (TPSA) is 63.7 Å². The maximum Gasteiger partial charge on any atom is 0.324 e. The Kier molecular flexibility index (Phi) is 6.12. The number of nitrogens with zero attached hydrogens (tertiary/aromatic N) is 1. The van der Waals surface area contributed by atoms with E-state index in [2.05, 4.69) is 17.9 Å². The van der Waals surface area contributed by atoms with Crippen LogP contribution < -0.4 is 0 Å². The van der Waals surface area contributed by atoms with E-state index < -0.39 is 22.0 Å². The van der Waals surface area contributed by atoms with E-state index in [0.29, 0.717) is 0 Å². The first-order valence-electron chi connectivity index (χ1n) is 5.14. The summed E-state index contributed by atoms with van der Waals surface area (Å²) in [4.78, 5) is 11.6. The van der Waals surface area contributed by atoms with Crippen molar-refractivity contribution in [2.45, 2.75) is 19.9 Å². The molecule has 5 nitrogen and oxygen atoms in total. The molecule has 0 aliphatic carbocycles. The molecule has 0 rings (SSSR count). The fourth-order valence-corrected chi connectivity index (χ4v) is 2.59. The predicted molar refractivity (Wildman–Crippen MR) is 66.7 cm³/mol. The normalized spacial score (nSPS) is 13.5. The maximum absolute atomic E-state index is 11.8. The number of methoxy groups -OCH3 is 1. The molecule has 0 aromatic rings. The lowest BCUT2D eigenvalue weighted by atomic mass is 10.0. The summed E-state index contributed by atoms with van der Waals surface area (Å²) in [6.07, 6.45) is 1.42. The van der Waals surface area contributed by atoms with E-state index in [1.807, 2.05) is 0 Å². The molecule has 0 saturated heterocycles. The summed E-state index contributed by atoms with van der Waals surface area (Å²) in [6, 6.07) is -0.874. The van der Waals surface area contributed by atoms with Gasteiger partial charge in [0.05, 0.1) is 7.11 Å². The Morgan fingerprint density at radius 1 is 1.41 bits per heavy atom. The first-order valence-corrected chi connectivity index (χ1v) is 6.65. The molecule has 0 aromatic carbocycles. The summed E-state index contributed by atoms with van der Waals surface area (Å²) >= 11 is 0. The highest BCUT2D eigenvalue weighted by molar-refractivity contribution is 7.92. The summed E-state index contributed by atoms with van der Waals surface area (Å²) < 4.78 is 29.3. The summed E-state index contributed by atoms with van der Waals surface area (Å²) in [5.41, 5.74) is 0. The van der Waals surface area contributed by atoms with Gasteiger partial charge in [-0.2, -0.15) is 4.31 Å². The molecule has 0 aromatic heterocycles. The highest BCUT2D eigenvalue weighted by Crippen LogP contribution is 2.17. The van der Waals surface area contributed by atoms with Crippen LogP contribution in [-0.2, 0) is 19.6 Å². The molecule has 17 heavy (non-hydrogen) atoms. The Morgan fingerprint density at radius 2 is 1.94 bits per heavy atom. The van der Waals surface area contributed by atoms with Gasteiger partial charge in [0.25, 0.3) is 0 Å². The lowest BCUT2D eigenvalue weighted by molar-refractivity contribution is -0.146. The Morgan fingerprint density at radius 3 is 2.24 bits per heavy atom. The van der Waals surface area contributed by atoms with Gasteiger partial charge < -0.3 is 4.74 Å². The van der Waals surface area contributed by atoms with E-state index in [1.165, 1.54) is 13.2 Å². The van der Waals surface area contributed by atoms with E-state index in [1.54, 1.807) is 13.8 Å². The van der Waals surface area contributed by atoms with Crippen LogP contribution in [0.25, 0.3) is 0 Å². The lowest BCUT2D eigenvalue weighted by Crippen LogP contribution is -2.47. The number of sulfonamides is 1. The van der Waals surface area contributed by atoms with Crippen LogP contribution in [0.5, 0.6) is 0 Å². The van der Waals surface area contributed by atoms with E-state index in [-0.39, 0.29) is 12.5 Å². The Balaban J connectivity index is 5.46. The van der Waals surface area contributed by atoms with Crippen LogP contribution in [0.3, 0.4) is 0 Å². The van der Waals surface area contributed by atoms with Gasteiger partial charge in [0, 0.05) is 12.0 Å². The monoisotopic (exact) mass is 261 g/mol. The van der Waals surface area contributed by atoms with Crippen molar-refractivity contribution in [3.63, 3.8) is 0 Å². The number of carbonyl (C=O) groups is 1. The SMILES string of the molecule is C=CCN([C@@H](C(=O)OC)C(C)C)S(=O)(=O)C=C. The summed E-state index contributed by atoms with van der Waals surface area (Å²) in [7, 11) is -2.47. The summed E-state index contributed by atoms with van der Waals surface area (Å²) in [5.74, 6) is -0.801. The van der Waals surface area contributed by atoms with Crippen molar-refractivity contribution >= 4 is 16.0 Å². The largest absolute Gasteiger partial charge is 0.468 e. The second-order valence-electron chi connectivity index (χ2n) is 3.78. The smallest absolute Gasteiger partial charge is 0.324 e. The lowest BCUT2D eigenvalue weighted by Gasteiger charge is -2.29. The Labute approximate surface area is 103 Å². The van der Waals surface area contributed by atoms with Crippen LogP contribution in [0.1, 0.15) is 13.8 Å². The van der Waals surface area contributed by atoms with E-state index in [0.717, 1.165) is 9.71 Å². The van der Waals surface area contributed by atoms with Crippen LogP contribution in [-0.4, -0.2) is 38.4 Å². The second kappa shape index (κ2) is 6.56. The third kappa shape index (κ3) is 3.98. The molecule has 0 unspecified atom stereocenters. The average molecular weight is 261 g/mol. The number of ether oxygens (including phenoxy) is 1. The molecule has 0 aliphatic rings. The van der Waals surface area contributed by atoms with E-state index in [9.17, 15) is 13.2 Å². The van der Waals surface area contributed by atoms with Gasteiger partial charge in [0.15, 0.2) is 0 Å². The zero-order valence-corrected chi connectivity index (χ0v) is 11.2. The van der Waals surface area contributed by atoms with Crippen molar-refractivity contribution < 1.29 is 17.9 Å². The average Bonchev–Trinajstić information content (AvgIpc) is 2.27. The van der Waals surface area contributed by atoms with Gasteiger partial charge >= 0.3 is 5.97 Å². The third-order valence-electron chi connectivity index (χ3n) is 2.23. The molecule has 0 aliphatic heterocycles. The fourth-order valence-electron chi connectivity index (χ4n) is 1.44. The number of rotatable bonds is 7. The summed E-state index contributed by atoms with van der Waals surface area (Å²) in [6.45, 7) is 10.3. The van der Waals surface area contributed by atoms with Crippen molar-refractivity contribution in [1.29, 1.82) is 0 Å². The van der Waals surface area contributed by atoms with Gasteiger partial charge in [-0.05, 0) is 5.92 Å². The molecule has 0 amide bonds. The molecular formula is C11H19NO4S. The summed E-state index contributed by atoms with van der Waals surface area (Å²) in [5, 5.41) is 0.814. The minimum absolute atomic E-state index is 0.0340. The molecule has 0 radical (unpaired) electrons. The first kappa shape index (κ1) is 15.9. The van der Waals surface area contributed by atoms with Gasteiger partial charge in [0.2, 0.25) is 10.0 Å². The molecule has 1 atom stereocenters. The van der Waals surface area contributed by atoms with Crippen molar-refractivity contribution in [2.75, 3.05) is 13.7 Å². The number of carbonyl (C=O) groups excluding carboxylic acids is 1. The van der Waals surface area contributed by atoms with Gasteiger partial charge in [-0.1, -0.05) is 26.5 Å². The third-order valence-corrected chi connectivity index (χ3v) is 3.68. The Hall–Kier alpha value is -1.14. The van der Waals surface area contributed by atoms with Crippen molar-refractivity contribution in [3.05, 3.63) is 24.6 Å². The van der Waals surface area contributed by atoms with Crippen molar-refractivity contribution in [2.24, 2.45) is 5.92 Å². The van der Waals surface area contributed by atoms with Crippen LogP contribution in [0.15, 0.2) is 24.6 Å². The van der Waals surface area contributed by atoms with Gasteiger partial charge in [-0.3, -0.25) is 4.79 Å². The van der Waals surface area contributed by atoms with Crippen molar-refractivity contribution in [1.82, 2.24) is 4.31 Å². The van der Waals surface area contributed by atoms with Gasteiger partial charge in [-0.15, -0.1) is 6.58 Å². The predicted octanol–water partition coefficient (Wildman–Crippen LogP) is 1.15. The minimum atomic E-state index is -3.70. The zero-order chi connectivity index (χ0) is 13.6. The second-order valence-corrected chi connectivity index (χ2v) is 5.61. The van der Waals surface area contributed by atoms with E-state index >= 15 is 0 Å². The molecular weight excluding hydrogens is 242 g/mol. The standard InChI is InChI=1S/C11H19NO4S/c1-6-8-12(17(14,15)7-2)10(9(3)4)11(13)16-5/h6-7,9-10H,1-2,8H2,3-5H3/t10-/m1/s1. The fraction of sp³-hybridized carbons (Fsp3) is 0.545. The highest BCUT2D eigenvalue weighted by atomic mass is 32.2. The first-order chi connectivity index (χ1) is 7.81. The van der Waals surface area contributed by atoms with Crippen LogP contribution in [0.4, 0.5) is 0 Å². The van der Waals surface area contributed by atoms with Crippen LogP contribution in [0.2, 0.25) is 0 Å². The van der Waals surface area contributed by atoms with Crippen LogP contribution in [0, 0.1) is 5.92 Å². The number of esters is 1. The molecule has 0 fully saturated rings. The molecule has 0 N–H and O–H groups in total. The Bertz CT molecular complexity index is 386. The molecule has 6 heteroatoms. The minimum Gasteiger partial charge on any atom is -0.468 e. The van der Waals surface area contributed by atoms with Gasteiger partial charge in [-0.25, -0.2) is 8.42 Å². The maximum atomic E-state index is 11.8. The van der Waals surface area contributed by atoms with Crippen LogP contribution >= 0.6 is 0 Å². The highest BCUT2D eigenvalue weighted by Gasteiger charge is 2.35. The molecule has 0 spiro atoms. The zero-order valence-electron chi connectivity index (χ0n) is 10.4. The molecule has 0 bridgehead atoms. The van der Waals surface area contributed by atoms with E-state index in [4.69, 9.17) is 0 Å². The number of hydrogen-bond acceptors (Lipinski definition) is 4. The quantitative estimate of drug-likeness (QED) is 0.509. The van der Waals surface area contributed by atoms with Gasteiger partial charge in [0.1, 0.15) is 6.04 Å². The molecule has 98 valence electrons. The van der Waals surface area contributed by atoms with Crippen molar-refractivity contribution in [3.8, 4) is 0 Å². The number of hydrogen-bond donors (Lipinski definition) is 0.